The zero-order valence-corrected chi connectivity index (χ0v) is 38.5. The van der Waals surface area contributed by atoms with E-state index in [1.165, 1.54) is 95.9 Å². The summed E-state index contributed by atoms with van der Waals surface area (Å²) in [5.41, 5.74) is 11.4. The highest BCUT2D eigenvalue weighted by atomic mass is 31.1. The molecule has 7 heteroatoms. The molecule has 5 nitrogen and oxygen atoms in total. The third kappa shape index (κ3) is 8.36. The fourth-order valence-corrected chi connectivity index (χ4v) is 16.4. The van der Waals surface area contributed by atoms with E-state index in [-0.39, 0.29) is 6.04 Å². The maximum atomic E-state index is 5.89. The van der Waals surface area contributed by atoms with Crippen LogP contribution in [-0.2, 0) is 0 Å². The molecule has 5 aromatic carbocycles. The van der Waals surface area contributed by atoms with Gasteiger partial charge in [0.05, 0.1) is 28.4 Å². The average Bonchev–Trinajstić information content (AvgIpc) is 3.60. The van der Waals surface area contributed by atoms with Gasteiger partial charge in [-0.1, -0.05) is 30.7 Å². The lowest BCUT2D eigenvalue weighted by Crippen LogP contribution is -2.37. The van der Waals surface area contributed by atoms with Crippen LogP contribution in [0.25, 0.3) is 0 Å². The normalized spacial score (nSPS) is 16.1. The second-order valence-corrected chi connectivity index (χ2v) is 20.9. The zero-order valence-electron chi connectivity index (χ0n) is 36.8. The number of hydrogen-bond acceptors (Lipinski definition) is 5. The van der Waals surface area contributed by atoms with Crippen molar-refractivity contribution in [2.45, 2.75) is 86.4 Å². The molecule has 57 heavy (non-hydrogen) atoms. The number of nitrogens with zero attached hydrogens (tertiary/aromatic N) is 1. The van der Waals surface area contributed by atoms with Crippen molar-refractivity contribution in [2.24, 2.45) is 5.92 Å². The van der Waals surface area contributed by atoms with Gasteiger partial charge in [-0.05, 0) is 235 Å². The summed E-state index contributed by atoms with van der Waals surface area (Å²) in [5.74, 6) is 4.34. The van der Waals surface area contributed by atoms with Crippen LogP contribution in [0.5, 0.6) is 23.0 Å². The minimum atomic E-state index is -0.944. The van der Waals surface area contributed by atoms with Gasteiger partial charge in [-0.25, -0.2) is 0 Å². The fourth-order valence-electron chi connectivity index (χ4n) is 9.98. The minimum Gasteiger partial charge on any atom is -0.496 e. The number of rotatable bonds is 13. The van der Waals surface area contributed by atoms with Gasteiger partial charge in [-0.15, -0.1) is 0 Å². The molecule has 1 aliphatic rings. The number of ether oxygens (including phenoxy) is 4. The van der Waals surface area contributed by atoms with Crippen molar-refractivity contribution in [3.05, 3.63) is 123 Å². The summed E-state index contributed by atoms with van der Waals surface area (Å²) in [6.45, 7) is 17.5. The molecular formula is C50H63NO4P2. The minimum absolute atomic E-state index is 0.213. The van der Waals surface area contributed by atoms with E-state index in [1.54, 1.807) is 28.4 Å². The molecule has 6 rings (SSSR count). The van der Waals surface area contributed by atoms with Crippen molar-refractivity contribution in [3.8, 4) is 23.0 Å². The van der Waals surface area contributed by atoms with Gasteiger partial charge < -0.3 is 23.8 Å². The van der Waals surface area contributed by atoms with Gasteiger partial charge in [0.25, 0.3) is 0 Å². The lowest BCUT2D eigenvalue weighted by Gasteiger charge is -2.40. The Hall–Kier alpha value is -3.88. The van der Waals surface area contributed by atoms with E-state index in [9.17, 15) is 0 Å². The van der Waals surface area contributed by atoms with Crippen LogP contribution in [0, 0.1) is 61.3 Å². The summed E-state index contributed by atoms with van der Waals surface area (Å²) in [5, 5.41) is 6.97. The second kappa shape index (κ2) is 17.9. The van der Waals surface area contributed by atoms with E-state index >= 15 is 0 Å². The molecule has 0 N–H and O–H groups in total. The largest absolute Gasteiger partial charge is 0.496 e. The van der Waals surface area contributed by atoms with Crippen LogP contribution in [0.4, 0.5) is 0 Å². The molecule has 302 valence electrons. The SMILES string of the molecule is COc1c(C)cc(P(c2cc(C)c(OC)c(C)c2)c2ccccc2[C@H](C2CCCC2P(c2cc(C)c(OC)c(C)c2)c2cc(C)c(OC)c(C)c2)N(C)C)cc1C. The van der Waals surface area contributed by atoms with Crippen molar-refractivity contribution < 1.29 is 18.9 Å². The molecule has 0 heterocycles. The van der Waals surface area contributed by atoms with Crippen LogP contribution in [0.15, 0.2) is 72.8 Å². The standard InChI is InChI=1S/C50H63NO4P2/c1-30-22-38(23-31(2)47(30)52-11)56(39-24-32(3)48(53-12)33(4)25-39)44-20-16-15-18-42(44)46(51(9)10)43-19-17-21-45(43)57(40-26-34(5)49(54-13)35(6)27-40)41-28-36(7)50(55-14)37(8)29-41/h15-16,18,20,22-29,43,45-46H,17,19,21H2,1-14H3/t43?,45?,46-/m1/s1. The van der Waals surface area contributed by atoms with Crippen molar-refractivity contribution in [1.82, 2.24) is 4.90 Å². The van der Waals surface area contributed by atoms with Gasteiger partial charge in [0.15, 0.2) is 0 Å². The number of methoxy groups -OCH3 is 4. The Morgan fingerprint density at radius 3 is 1.21 bits per heavy atom. The second-order valence-electron chi connectivity index (χ2n) is 16.3. The van der Waals surface area contributed by atoms with Crippen molar-refractivity contribution in [3.63, 3.8) is 0 Å². The van der Waals surface area contributed by atoms with Gasteiger partial charge in [0.2, 0.25) is 0 Å². The molecular weight excluding hydrogens is 741 g/mol. The van der Waals surface area contributed by atoms with Crippen LogP contribution in [0.1, 0.15) is 75.4 Å². The van der Waals surface area contributed by atoms with Crippen LogP contribution in [0.2, 0.25) is 0 Å². The van der Waals surface area contributed by atoms with Gasteiger partial charge in [-0.3, -0.25) is 0 Å². The molecule has 2 unspecified atom stereocenters. The summed E-state index contributed by atoms with van der Waals surface area (Å²) in [6, 6.07) is 28.7. The quantitative estimate of drug-likeness (QED) is 0.111. The first kappa shape index (κ1) is 42.7. The third-order valence-electron chi connectivity index (χ3n) is 12.0. The van der Waals surface area contributed by atoms with Crippen LogP contribution < -0.4 is 45.5 Å². The Labute approximate surface area is 345 Å². The topological polar surface area (TPSA) is 40.2 Å². The lowest BCUT2D eigenvalue weighted by atomic mass is 9.90. The molecule has 3 atom stereocenters. The first-order valence-corrected chi connectivity index (χ1v) is 22.9. The van der Waals surface area contributed by atoms with Gasteiger partial charge in [-0.2, -0.15) is 0 Å². The molecule has 1 aliphatic carbocycles. The molecule has 0 radical (unpaired) electrons. The number of aryl methyl sites for hydroxylation is 8. The smallest absolute Gasteiger partial charge is 0.124 e. The van der Waals surface area contributed by atoms with Crippen molar-refractivity contribution >= 4 is 42.4 Å². The summed E-state index contributed by atoms with van der Waals surface area (Å²) in [7, 11) is 10.1. The molecule has 0 spiro atoms. The number of hydrogen-bond donors (Lipinski definition) is 0. The molecule has 0 saturated heterocycles. The Balaban J connectivity index is 1.57. The van der Waals surface area contributed by atoms with Crippen molar-refractivity contribution in [1.29, 1.82) is 0 Å². The maximum absolute atomic E-state index is 5.89. The highest BCUT2D eigenvalue weighted by Crippen LogP contribution is 2.56. The van der Waals surface area contributed by atoms with E-state index in [4.69, 9.17) is 18.9 Å². The van der Waals surface area contributed by atoms with Crippen LogP contribution in [-0.4, -0.2) is 53.1 Å². The van der Waals surface area contributed by atoms with Crippen LogP contribution in [0.3, 0.4) is 0 Å². The lowest BCUT2D eigenvalue weighted by molar-refractivity contribution is 0.218. The monoisotopic (exact) mass is 803 g/mol. The summed E-state index contributed by atoms with van der Waals surface area (Å²) < 4.78 is 23.6. The fraction of sp³-hybridized carbons (Fsp3) is 0.400. The summed E-state index contributed by atoms with van der Waals surface area (Å²) >= 11 is 0. The molecule has 0 amide bonds. The maximum Gasteiger partial charge on any atom is 0.124 e. The van der Waals surface area contributed by atoms with E-state index in [0.29, 0.717) is 11.6 Å². The molecule has 0 aromatic heterocycles. The molecule has 5 aromatic rings. The zero-order chi connectivity index (χ0) is 41.3. The van der Waals surface area contributed by atoms with Gasteiger partial charge in [0.1, 0.15) is 23.0 Å². The Bertz CT molecular complexity index is 2040. The number of benzene rings is 5. The Kier molecular flexibility index (Phi) is 13.4. The summed E-state index contributed by atoms with van der Waals surface area (Å²) in [6.07, 6.45) is 3.59. The molecule has 0 aliphatic heterocycles. The summed E-state index contributed by atoms with van der Waals surface area (Å²) in [4.78, 5) is 2.52. The average molecular weight is 804 g/mol. The van der Waals surface area contributed by atoms with Crippen LogP contribution >= 0.6 is 15.8 Å². The molecule has 0 bridgehead atoms. The highest BCUT2D eigenvalue weighted by molar-refractivity contribution is 7.80. The van der Waals surface area contributed by atoms with Gasteiger partial charge >= 0.3 is 0 Å². The predicted octanol–water partition coefficient (Wildman–Crippen LogP) is 9.85. The van der Waals surface area contributed by atoms with E-state index in [1.807, 2.05) is 0 Å². The Morgan fingerprint density at radius 2 is 0.860 bits per heavy atom. The molecule has 1 fully saturated rings. The van der Waals surface area contributed by atoms with E-state index in [0.717, 1.165) is 23.0 Å². The first-order valence-electron chi connectivity index (χ1n) is 20.2. The van der Waals surface area contributed by atoms with Crippen molar-refractivity contribution in [2.75, 3.05) is 42.5 Å². The Morgan fingerprint density at radius 1 is 0.509 bits per heavy atom. The van der Waals surface area contributed by atoms with E-state index < -0.39 is 15.8 Å². The highest BCUT2D eigenvalue weighted by Gasteiger charge is 2.42. The third-order valence-corrected chi connectivity index (χ3v) is 17.4. The first-order chi connectivity index (χ1) is 27.2. The predicted molar refractivity (Wildman–Crippen MR) is 246 cm³/mol. The van der Waals surface area contributed by atoms with Gasteiger partial charge in [0, 0.05) is 6.04 Å². The molecule has 1 saturated carbocycles. The van der Waals surface area contributed by atoms with E-state index in [2.05, 4.69) is 147 Å².